The summed E-state index contributed by atoms with van der Waals surface area (Å²) in [4.78, 5) is 3.97. The van der Waals surface area contributed by atoms with Gasteiger partial charge in [-0.1, -0.05) is 26.8 Å². The first-order valence-electron chi connectivity index (χ1n) is 5.70. The van der Waals surface area contributed by atoms with Crippen LogP contribution in [0.5, 0.6) is 0 Å². The van der Waals surface area contributed by atoms with E-state index in [1.807, 2.05) is 20.1 Å². The molecule has 0 fully saturated rings. The maximum Gasteiger partial charge on any atom is 0.0480 e. The molecule has 0 aliphatic rings. The lowest BCUT2D eigenvalue weighted by molar-refractivity contribution is 0.195. The maximum atomic E-state index is 4.95. The molecule has 90 valence electrons. The Hall–Kier alpha value is -0.830. The normalized spacial score (nSPS) is 11.1. The first-order valence-corrected chi connectivity index (χ1v) is 5.70. The van der Waals surface area contributed by atoms with Crippen molar-refractivity contribution in [1.82, 2.24) is 5.32 Å². The van der Waals surface area contributed by atoms with Crippen LogP contribution in [0, 0.1) is 0 Å². The van der Waals surface area contributed by atoms with Gasteiger partial charge in [-0.3, -0.25) is 4.99 Å². The van der Waals surface area contributed by atoms with Gasteiger partial charge in [-0.2, -0.15) is 0 Å². The summed E-state index contributed by atoms with van der Waals surface area (Å²) in [5.74, 6) is 0. The summed E-state index contributed by atoms with van der Waals surface area (Å²) < 4.78 is 4.95. The van der Waals surface area contributed by atoms with E-state index in [1.165, 1.54) is 0 Å². The highest BCUT2D eigenvalue weighted by Gasteiger charge is 1.90. The highest BCUT2D eigenvalue weighted by atomic mass is 16.5. The van der Waals surface area contributed by atoms with E-state index in [1.54, 1.807) is 14.2 Å². The second kappa shape index (κ2) is 15.6. The van der Waals surface area contributed by atoms with Gasteiger partial charge in [-0.25, -0.2) is 0 Å². The Labute approximate surface area is 94.6 Å². The summed E-state index contributed by atoms with van der Waals surface area (Å²) >= 11 is 0. The molecule has 0 saturated heterocycles. The van der Waals surface area contributed by atoms with Gasteiger partial charge in [0.1, 0.15) is 0 Å². The minimum Gasteiger partial charge on any atom is -0.385 e. The Morgan fingerprint density at radius 2 is 2.07 bits per heavy atom. The van der Waals surface area contributed by atoms with Crippen molar-refractivity contribution in [2.75, 3.05) is 27.3 Å². The third-order valence-electron chi connectivity index (χ3n) is 1.55. The SMILES string of the molecule is CC.CC/C=C(\C=NC)NCCCOC. The minimum absolute atomic E-state index is 0.801. The highest BCUT2D eigenvalue weighted by Crippen LogP contribution is 1.89. The van der Waals surface area contributed by atoms with Crippen LogP contribution in [0.1, 0.15) is 33.6 Å². The second-order valence-corrected chi connectivity index (χ2v) is 2.73. The van der Waals surface area contributed by atoms with Crippen LogP contribution in [0.15, 0.2) is 16.8 Å². The van der Waals surface area contributed by atoms with Crippen molar-refractivity contribution in [3.05, 3.63) is 11.8 Å². The fraction of sp³-hybridized carbons (Fsp3) is 0.750. The number of methoxy groups -OCH3 is 1. The summed E-state index contributed by atoms with van der Waals surface area (Å²) in [7, 11) is 3.50. The van der Waals surface area contributed by atoms with Crippen molar-refractivity contribution in [2.45, 2.75) is 33.6 Å². The van der Waals surface area contributed by atoms with Crippen LogP contribution in [0.3, 0.4) is 0 Å². The Bertz CT molecular complexity index is 165. The third-order valence-corrected chi connectivity index (χ3v) is 1.55. The summed E-state index contributed by atoms with van der Waals surface area (Å²) in [6.07, 6.45) is 6.02. The van der Waals surface area contributed by atoms with Crippen LogP contribution >= 0.6 is 0 Å². The van der Waals surface area contributed by atoms with Crippen LogP contribution < -0.4 is 5.32 Å². The highest BCUT2D eigenvalue weighted by molar-refractivity contribution is 5.77. The van der Waals surface area contributed by atoms with E-state index >= 15 is 0 Å². The first-order chi connectivity index (χ1) is 7.35. The lowest BCUT2D eigenvalue weighted by Gasteiger charge is -2.05. The average molecular weight is 214 g/mol. The van der Waals surface area contributed by atoms with Crippen molar-refractivity contribution in [3.63, 3.8) is 0 Å². The smallest absolute Gasteiger partial charge is 0.0480 e. The second-order valence-electron chi connectivity index (χ2n) is 2.73. The molecule has 0 atom stereocenters. The molecule has 0 bridgehead atoms. The van der Waals surface area contributed by atoms with Gasteiger partial charge in [0.2, 0.25) is 0 Å². The molecule has 0 rings (SSSR count). The van der Waals surface area contributed by atoms with Gasteiger partial charge in [-0.15, -0.1) is 0 Å². The number of rotatable bonds is 7. The lowest BCUT2D eigenvalue weighted by atomic mass is 10.3. The van der Waals surface area contributed by atoms with E-state index in [-0.39, 0.29) is 0 Å². The number of hydrogen-bond donors (Lipinski definition) is 1. The Balaban J connectivity index is 0. The van der Waals surface area contributed by atoms with Gasteiger partial charge in [0.25, 0.3) is 0 Å². The zero-order valence-electron chi connectivity index (χ0n) is 10.8. The van der Waals surface area contributed by atoms with Crippen LogP contribution in [-0.4, -0.2) is 33.5 Å². The molecule has 0 aromatic rings. The zero-order valence-corrected chi connectivity index (χ0v) is 10.8. The molecule has 0 aliphatic heterocycles. The predicted molar refractivity (Wildman–Crippen MR) is 68.6 cm³/mol. The number of nitrogens with one attached hydrogen (secondary N) is 1. The Kier molecular flexibility index (Phi) is 17.3. The van der Waals surface area contributed by atoms with Crippen molar-refractivity contribution in [3.8, 4) is 0 Å². The third kappa shape index (κ3) is 13.2. The van der Waals surface area contributed by atoms with Crippen molar-refractivity contribution in [1.29, 1.82) is 0 Å². The summed E-state index contributed by atoms with van der Waals surface area (Å²) in [6.45, 7) is 7.85. The van der Waals surface area contributed by atoms with Crippen LogP contribution in [0.2, 0.25) is 0 Å². The summed E-state index contributed by atoms with van der Waals surface area (Å²) in [5.41, 5.74) is 1.10. The van der Waals surface area contributed by atoms with Crippen LogP contribution in [0.4, 0.5) is 0 Å². The number of aliphatic imine (C=N–C) groups is 1. The molecular formula is C12H26N2O. The molecule has 0 radical (unpaired) electrons. The van der Waals surface area contributed by atoms with E-state index in [4.69, 9.17) is 4.74 Å². The van der Waals surface area contributed by atoms with Gasteiger partial charge < -0.3 is 10.1 Å². The molecule has 0 aliphatic carbocycles. The van der Waals surface area contributed by atoms with Gasteiger partial charge in [-0.05, 0) is 12.8 Å². The van der Waals surface area contributed by atoms with Gasteiger partial charge >= 0.3 is 0 Å². The van der Waals surface area contributed by atoms with Crippen molar-refractivity contribution < 1.29 is 4.74 Å². The monoisotopic (exact) mass is 214 g/mol. The van der Waals surface area contributed by atoms with Crippen molar-refractivity contribution >= 4 is 6.21 Å². The topological polar surface area (TPSA) is 33.6 Å². The molecule has 0 spiro atoms. The van der Waals surface area contributed by atoms with Gasteiger partial charge in [0.05, 0.1) is 0 Å². The van der Waals surface area contributed by atoms with E-state index in [2.05, 4.69) is 23.3 Å². The molecule has 3 nitrogen and oxygen atoms in total. The number of allylic oxidation sites excluding steroid dienone is 2. The molecule has 1 N–H and O–H groups in total. The standard InChI is InChI=1S/C10H20N2O.C2H6/c1-4-6-10(9-11-2)12-7-5-8-13-3;1-2/h6,9,12H,4-5,7-8H2,1-3H3;1-2H3/b10-6+,11-9?;. The summed E-state index contributed by atoms with van der Waals surface area (Å²) in [6, 6.07) is 0. The largest absolute Gasteiger partial charge is 0.385 e. The molecule has 0 aromatic heterocycles. The Morgan fingerprint density at radius 1 is 1.40 bits per heavy atom. The van der Waals surface area contributed by atoms with E-state index in [0.29, 0.717) is 0 Å². The molecule has 0 heterocycles. The van der Waals surface area contributed by atoms with Gasteiger partial charge in [0.15, 0.2) is 0 Å². The minimum atomic E-state index is 0.801. The van der Waals surface area contributed by atoms with Crippen LogP contribution in [-0.2, 0) is 4.74 Å². The molecule has 0 aromatic carbocycles. The van der Waals surface area contributed by atoms with E-state index in [9.17, 15) is 0 Å². The fourth-order valence-electron chi connectivity index (χ4n) is 0.979. The van der Waals surface area contributed by atoms with E-state index in [0.717, 1.165) is 31.7 Å². The fourth-order valence-corrected chi connectivity index (χ4v) is 0.979. The van der Waals surface area contributed by atoms with Crippen LogP contribution in [0.25, 0.3) is 0 Å². The number of hydrogen-bond acceptors (Lipinski definition) is 3. The van der Waals surface area contributed by atoms with Crippen molar-refractivity contribution in [2.24, 2.45) is 4.99 Å². The Morgan fingerprint density at radius 3 is 2.53 bits per heavy atom. The lowest BCUT2D eigenvalue weighted by Crippen LogP contribution is -2.17. The zero-order chi connectivity index (χ0) is 11.9. The molecular weight excluding hydrogens is 188 g/mol. The average Bonchev–Trinajstić information content (AvgIpc) is 2.28. The molecule has 0 unspecified atom stereocenters. The molecule has 15 heavy (non-hydrogen) atoms. The molecule has 3 heteroatoms. The summed E-state index contributed by atoms with van der Waals surface area (Å²) in [5, 5.41) is 3.29. The molecule has 0 saturated carbocycles. The first kappa shape index (κ1) is 16.6. The van der Waals surface area contributed by atoms with E-state index < -0.39 is 0 Å². The maximum absolute atomic E-state index is 4.95. The van der Waals surface area contributed by atoms with Gasteiger partial charge in [0, 0.05) is 39.2 Å². The predicted octanol–water partition coefficient (Wildman–Crippen LogP) is 2.63. The quantitative estimate of drug-likeness (QED) is 0.522. The number of ether oxygens (including phenoxy) is 1. The molecule has 0 amide bonds. The number of nitrogens with zero attached hydrogens (tertiary/aromatic N) is 1.